The first kappa shape index (κ1) is 16.2. The number of hydrogen-bond donors (Lipinski definition) is 0. The van der Waals surface area contributed by atoms with Crippen LogP contribution < -0.4 is 0 Å². The van der Waals surface area contributed by atoms with E-state index in [1.807, 2.05) is 14.7 Å². The minimum absolute atomic E-state index is 0.190. The summed E-state index contributed by atoms with van der Waals surface area (Å²) in [5, 5.41) is 0. The summed E-state index contributed by atoms with van der Waals surface area (Å²) in [6.45, 7) is 4.67. The zero-order valence-corrected chi connectivity index (χ0v) is 14.8. The third-order valence-corrected chi connectivity index (χ3v) is 6.85. The van der Waals surface area contributed by atoms with E-state index < -0.39 is 0 Å². The highest BCUT2D eigenvalue weighted by molar-refractivity contribution is 5.78. The molecular weight excluding hydrogens is 302 g/mol. The van der Waals surface area contributed by atoms with E-state index in [-0.39, 0.29) is 6.03 Å². The highest BCUT2D eigenvalue weighted by Gasteiger charge is 2.41. The molecule has 0 spiro atoms. The monoisotopic (exact) mass is 333 g/mol. The Balaban J connectivity index is 1.23. The van der Waals surface area contributed by atoms with Crippen molar-refractivity contribution in [2.45, 2.75) is 51.4 Å². The van der Waals surface area contributed by atoms with Gasteiger partial charge in [-0.3, -0.25) is 4.79 Å². The van der Waals surface area contributed by atoms with Crippen molar-refractivity contribution in [3.63, 3.8) is 0 Å². The molecule has 4 rings (SSSR count). The average Bonchev–Trinajstić information content (AvgIpc) is 3.25. The summed E-state index contributed by atoms with van der Waals surface area (Å²) in [6, 6.07) is 0.190. The number of fused-ring (bicyclic) bond motifs is 2. The van der Waals surface area contributed by atoms with Crippen LogP contribution in [0.1, 0.15) is 51.4 Å². The first-order chi connectivity index (χ1) is 11.7. The third-order valence-electron chi connectivity index (χ3n) is 6.85. The molecule has 0 radical (unpaired) electrons. The Morgan fingerprint density at radius 3 is 2.04 bits per heavy atom. The molecule has 3 amide bonds. The number of rotatable bonds is 2. The first-order valence-electron chi connectivity index (χ1n) is 10.0. The number of carbonyl (C=O) groups is 2. The molecule has 134 valence electrons. The molecular formula is C19H31N3O2. The summed E-state index contributed by atoms with van der Waals surface area (Å²) in [5.41, 5.74) is 0. The van der Waals surface area contributed by atoms with Gasteiger partial charge in [0, 0.05) is 45.7 Å². The summed E-state index contributed by atoms with van der Waals surface area (Å²) in [6.07, 6.45) is 9.66. The lowest BCUT2D eigenvalue weighted by molar-refractivity contribution is -0.134. The Labute approximate surface area is 145 Å². The number of carbonyl (C=O) groups excluding carboxylic acids is 2. The van der Waals surface area contributed by atoms with E-state index in [0.717, 1.165) is 57.3 Å². The molecule has 5 nitrogen and oxygen atoms in total. The number of urea groups is 1. The van der Waals surface area contributed by atoms with Gasteiger partial charge in [-0.1, -0.05) is 6.42 Å². The van der Waals surface area contributed by atoms with Crippen LogP contribution in [0.5, 0.6) is 0 Å². The van der Waals surface area contributed by atoms with Gasteiger partial charge in [-0.05, 0) is 56.3 Å². The molecule has 2 heterocycles. The van der Waals surface area contributed by atoms with Crippen LogP contribution in [0.15, 0.2) is 0 Å². The van der Waals surface area contributed by atoms with Crippen LogP contribution in [0.25, 0.3) is 0 Å². The Morgan fingerprint density at radius 1 is 0.750 bits per heavy atom. The van der Waals surface area contributed by atoms with Gasteiger partial charge in [-0.2, -0.15) is 0 Å². The summed E-state index contributed by atoms with van der Waals surface area (Å²) in [4.78, 5) is 31.1. The summed E-state index contributed by atoms with van der Waals surface area (Å²) < 4.78 is 0. The molecule has 0 aromatic rings. The maximum absolute atomic E-state index is 12.6. The second kappa shape index (κ2) is 6.93. The van der Waals surface area contributed by atoms with Crippen LogP contribution in [0.4, 0.5) is 4.79 Å². The molecule has 2 aliphatic heterocycles. The quantitative estimate of drug-likeness (QED) is 0.779. The summed E-state index contributed by atoms with van der Waals surface area (Å²) >= 11 is 0. The predicted molar refractivity (Wildman–Crippen MR) is 92.5 cm³/mol. The van der Waals surface area contributed by atoms with E-state index in [9.17, 15) is 9.59 Å². The van der Waals surface area contributed by atoms with Crippen molar-refractivity contribution in [3.8, 4) is 0 Å². The molecule has 3 atom stereocenters. The zero-order chi connectivity index (χ0) is 16.5. The average molecular weight is 333 g/mol. The molecule has 0 aromatic carbocycles. The highest BCUT2D eigenvalue weighted by atomic mass is 16.2. The van der Waals surface area contributed by atoms with Crippen LogP contribution >= 0.6 is 0 Å². The minimum Gasteiger partial charge on any atom is -0.339 e. The van der Waals surface area contributed by atoms with E-state index in [4.69, 9.17) is 0 Å². The molecule has 0 N–H and O–H groups in total. The molecule has 4 aliphatic rings. The number of piperidine rings is 1. The van der Waals surface area contributed by atoms with Crippen LogP contribution in [0.2, 0.25) is 0 Å². The number of likely N-dealkylation sites (tertiary alicyclic amines) is 1. The van der Waals surface area contributed by atoms with Gasteiger partial charge in [-0.15, -0.1) is 0 Å². The van der Waals surface area contributed by atoms with Crippen molar-refractivity contribution < 1.29 is 9.59 Å². The van der Waals surface area contributed by atoms with Crippen molar-refractivity contribution in [1.29, 1.82) is 0 Å². The molecule has 3 unspecified atom stereocenters. The standard InChI is InChI=1S/C19H31N3O2/c23-18(14-17-13-15-4-5-16(17)12-15)20-8-10-22(11-9-20)19(24)21-6-2-1-3-7-21/h15-17H,1-14H2. The Hall–Kier alpha value is -1.26. The number of nitrogens with zero attached hydrogens (tertiary/aromatic N) is 3. The van der Waals surface area contributed by atoms with Crippen LogP contribution in [0.3, 0.4) is 0 Å². The van der Waals surface area contributed by atoms with Crippen molar-refractivity contribution in [2.24, 2.45) is 17.8 Å². The third kappa shape index (κ3) is 3.27. The van der Waals surface area contributed by atoms with Crippen molar-refractivity contribution in [3.05, 3.63) is 0 Å². The fraction of sp³-hybridized carbons (Fsp3) is 0.895. The maximum atomic E-state index is 12.6. The Morgan fingerprint density at radius 2 is 1.42 bits per heavy atom. The van der Waals surface area contributed by atoms with Crippen LogP contribution in [-0.2, 0) is 4.79 Å². The summed E-state index contributed by atoms with van der Waals surface area (Å²) in [7, 11) is 0. The number of piperazine rings is 1. The lowest BCUT2D eigenvalue weighted by Crippen LogP contribution is -2.54. The topological polar surface area (TPSA) is 43.9 Å². The van der Waals surface area contributed by atoms with Gasteiger partial charge in [-0.25, -0.2) is 4.79 Å². The molecule has 5 heteroatoms. The largest absolute Gasteiger partial charge is 0.339 e. The molecule has 2 saturated carbocycles. The maximum Gasteiger partial charge on any atom is 0.320 e. The Kier molecular flexibility index (Phi) is 4.68. The number of amides is 3. The molecule has 4 fully saturated rings. The lowest BCUT2D eigenvalue weighted by atomic mass is 9.86. The van der Waals surface area contributed by atoms with E-state index in [1.165, 1.54) is 32.1 Å². The van der Waals surface area contributed by atoms with E-state index in [2.05, 4.69) is 0 Å². The van der Waals surface area contributed by atoms with Crippen molar-refractivity contribution in [2.75, 3.05) is 39.3 Å². The molecule has 2 aliphatic carbocycles. The minimum atomic E-state index is 0.190. The first-order valence-corrected chi connectivity index (χ1v) is 10.0. The normalized spacial score (nSPS) is 33.2. The molecule has 2 bridgehead atoms. The van der Waals surface area contributed by atoms with Gasteiger partial charge >= 0.3 is 6.03 Å². The summed E-state index contributed by atoms with van der Waals surface area (Å²) in [5.74, 6) is 2.70. The van der Waals surface area contributed by atoms with Gasteiger partial charge in [0.15, 0.2) is 0 Å². The van der Waals surface area contributed by atoms with E-state index >= 15 is 0 Å². The smallest absolute Gasteiger partial charge is 0.320 e. The Bertz CT molecular complexity index is 481. The van der Waals surface area contributed by atoms with E-state index in [1.54, 1.807) is 0 Å². The molecule has 2 saturated heterocycles. The molecule has 0 aromatic heterocycles. The van der Waals surface area contributed by atoms with Gasteiger partial charge in [0.05, 0.1) is 0 Å². The van der Waals surface area contributed by atoms with Gasteiger partial charge in [0.2, 0.25) is 5.91 Å². The second-order valence-corrected chi connectivity index (χ2v) is 8.34. The molecule has 24 heavy (non-hydrogen) atoms. The van der Waals surface area contributed by atoms with E-state index in [0.29, 0.717) is 24.9 Å². The van der Waals surface area contributed by atoms with Crippen LogP contribution in [-0.4, -0.2) is 65.9 Å². The highest BCUT2D eigenvalue weighted by Crippen LogP contribution is 2.49. The van der Waals surface area contributed by atoms with Crippen molar-refractivity contribution in [1.82, 2.24) is 14.7 Å². The van der Waals surface area contributed by atoms with Gasteiger partial charge < -0.3 is 14.7 Å². The zero-order valence-electron chi connectivity index (χ0n) is 14.8. The van der Waals surface area contributed by atoms with Gasteiger partial charge in [0.1, 0.15) is 0 Å². The van der Waals surface area contributed by atoms with Crippen molar-refractivity contribution >= 4 is 11.9 Å². The predicted octanol–water partition coefficient (Wildman–Crippen LogP) is 2.56. The SMILES string of the molecule is O=C(CC1CC2CCC1C2)N1CCN(C(=O)N2CCCCC2)CC1. The lowest BCUT2D eigenvalue weighted by Gasteiger charge is -2.39. The fourth-order valence-electron chi connectivity index (χ4n) is 5.41. The van der Waals surface area contributed by atoms with Gasteiger partial charge in [0.25, 0.3) is 0 Å². The fourth-order valence-corrected chi connectivity index (χ4v) is 5.41. The van der Waals surface area contributed by atoms with Crippen LogP contribution in [0, 0.1) is 17.8 Å². The second-order valence-electron chi connectivity index (χ2n) is 8.34. The number of hydrogen-bond acceptors (Lipinski definition) is 2.